The molecule has 0 amide bonds. The highest BCUT2D eigenvalue weighted by atomic mass is 16.7. The van der Waals surface area contributed by atoms with Crippen LogP contribution in [0.3, 0.4) is 0 Å². The molecule has 1 aliphatic rings. The van der Waals surface area contributed by atoms with Crippen LogP contribution in [0.4, 0.5) is 0 Å². The summed E-state index contributed by atoms with van der Waals surface area (Å²) in [4.78, 5) is 19.8. The molecule has 20 heavy (non-hydrogen) atoms. The Morgan fingerprint density at radius 1 is 1.40 bits per heavy atom. The predicted molar refractivity (Wildman–Crippen MR) is 70.1 cm³/mol. The molecule has 0 radical (unpaired) electrons. The van der Waals surface area contributed by atoms with Crippen molar-refractivity contribution in [2.75, 3.05) is 19.8 Å². The number of aliphatic carboxylic acids is 1. The third-order valence-corrected chi connectivity index (χ3v) is 2.51. The Morgan fingerprint density at radius 3 is 2.45 bits per heavy atom. The molecule has 1 saturated heterocycles. The number of esters is 1. The smallest absolute Gasteiger partial charge is 0.302 e. The van der Waals surface area contributed by atoms with Crippen LogP contribution in [0.2, 0.25) is 0 Å². The van der Waals surface area contributed by atoms with Crippen molar-refractivity contribution in [1.82, 2.24) is 0 Å². The molecule has 2 N–H and O–H groups in total. The molecule has 0 aliphatic carbocycles. The van der Waals surface area contributed by atoms with E-state index in [2.05, 4.69) is 6.92 Å². The number of hydrogen-bond donors (Lipinski definition) is 2. The van der Waals surface area contributed by atoms with E-state index < -0.39 is 11.8 Å². The zero-order chi connectivity index (χ0) is 15.6. The monoisotopic (exact) mass is 292 g/mol. The van der Waals surface area contributed by atoms with Crippen LogP contribution >= 0.6 is 0 Å². The first kappa shape index (κ1) is 18.8. The molecule has 1 heterocycles. The Morgan fingerprint density at radius 2 is 2.00 bits per heavy atom. The number of aliphatic hydroxyl groups excluding tert-OH is 1. The van der Waals surface area contributed by atoms with Gasteiger partial charge in [0, 0.05) is 20.3 Å². The van der Waals surface area contributed by atoms with Crippen LogP contribution in [0.15, 0.2) is 0 Å². The third-order valence-electron chi connectivity index (χ3n) is 2.51. The number of ether oxygens (including phenoxy) is 3. The first-order valence-corrected chi connectivity index (χ1v) is 6.60. The molecule has 118 valence electrons. The van der Waals surface area contributed by atoms with E-state index in [4.69, 9.17) is 24.1 Å². The first-order chi connectivity index (χ1) is 9.35. The lowest BCUT2D eigenvalue weighted by Gasteiger charge is -2.25. The van der Waals surface area contributed by atoms with Crippen LogP contribution in [-0.2, 0) is 23.8 Å². The molecule has 0 saturated carbocycles. The Labute approximate surface area is 118 Å². The van der Waals surface area contributed by atoms with Gasteiger partial charge in [0.05, 0.1) is 19.8 Å². The van der Waals surface area contributed by atoms with E-state index >= 15 is 0 Å². The number of unbranched alkanes of at least 4 members (excludes halogenated alkanes) is 1. The average molecular weight is 292 g/mol. The quantitative estimate of drug-likeness (QED) is 0.554. The highest BCUT2D eigenvalue weighted by Gasteiger charge is 2.42. The van der Waals surface area contributed by atoms with Crippen molar-refractivity contribution in [1.29, 1.82) is 0 Å². The van der Waals surface area contributed by atoms with E-state index in [-0.39, 0.29) is 25.3 Å². The number of rotatable bonds is 6. The lowest BCUT2D eigenvalue weighted by molar-refractivity contribution is -0.229. The Kier molecular flexibility index (Phi) is 9.11. The van der Waals surface area contributed by atoms with E-state index in [9.17, 15) is 9.90 Å². The van der Waals surface area contributed by atoms with E-state index in [0.717, 1.165) is 19.8 Å². The summed E-state index contributed by atoms with van der Waals surface area (Å²) in [5, 5.41) is 16.7. The molecule has 0 aromatic heterocycles. The zero-order valence-electron chi connectivity index (χ0n) is 12.3. The van der Waals surface area contributed by atoms with Gasteiger partial charge < -0.3 is 24.4 Å². The molecule has 0 bridgehead atoms. The van der Waals surface area contributed by atoms with Crippen molar-refractivity contribution in [3.05, 3.63) is 0 Å². The maximum atomic E-state index is 10.8. The minimum absolute atomic E-state index is 0.214. The number of carboxylic acid groups (broad SMARTS) is 1. The van der Waals surface area contributed by atoms with Crippen LogP contribution < -0.4 is 0 Å². The van der Waals surface area contributed by atoms with Gasteiger partial charge in [0.2, 0.25) is 0 Å². The van der Waals surface area contributed by atoms with E-state index in [1.54, 1.807) is 0 Å². The van der Waals surface area contributed by atoms with Crippen molar-refractivity contribution in [2.24, 2.45) is 0 Å². The number of carboxylic acids is 1. The Balaban J connectivity index is 0.000000796. The predicted octanol–water partition coefficient (Wildman–Crippen LogP) is 0.935. The molecular formula is C13H24O7. The van der Waals surface area contributed by atoms with Crippen molar-refractivity contribution in [3.63, 3.8) is 0 Å². The summed E-state index contributed by atoms with van der Waals surface area (Å²) in [5.41, 5.74) is 0. The molecule has 2 unspecified atom stereocenters. The number of carbonyl (C=O) groups is 2. The molecule has 2 atom stereocenters. The van der Waals surface area contributed by atoms with Crippen molar-refractivity contribution in [2.45, 2.75) is 51.9 Å². The third kappa shape index (κ3) is 8.08. The average Bonchev–Trinajstić information content (AvgIpc) is 2.72. The molecule has 1 rings (SSSR count). The Bertz CT molecular complexity index is 301. The molecule has 7 heteroatoms. The second kappa shape index (κ2) is 9.68. The highest BCUT2D eigenvalue weighted by Crippen LogP contribution is 2.29. The summed E-state index contributed by atoms with van der Waals surface area (Å²) in [6.45, 7) is 5.12. The molecule has 1 fully saturated rings. The van der Waals surface area contributed by atoms with Crippen LogP contribution in [0, 0.1) is 0 Å². The number of aliphatic hydroxyl groups is 1. The fraction of sp³-hybridized carbons (Fsp3) is 0.846. The van der Waals surface area contributed by atoms with Crippen molar-refractivity contribution in [3.8, 4) is 0 Å². The standard InChI is InChI=1S/C11H20O5.C2H4O2/c1-3-4-5-14-11(8-12)6-10(7-15-11)16-9(2)13;1-2(3)4/h10,12H,3-8H2,1-2H3;1H3,(H,3,4). The first-order valence-electron chi connectivity index (χ1n) is 6.60. The fourth-order valence-corrected chi connectivity index (χ4v) is 1.68. The van der Waals surface area contributed by atoms with Crippen LogP contribution in [0.5, 0.6) is 0 Å². The van der Waals surface area contributed by atoms with Gasteiger partial charge in [0.1, 0.15) is 6.10 Å². The Hall–Kier alpha value is -1.18. The maximum absolute atomic E-state index is 10.8. The van der Waals surface area contributed by atoms with Crippen LogP contribution in [-0.4, -0.2) is 53.9 Å². The summed E-state index contributed by atoms with van der Waals surface area (Å²) >= 11 is 0. The highest BCUT2D eigenvalue weighted by molar-refractivity contribution is 5.66. The normalized spacial score (nSPS) is 24.7. The lowest BCUT2D eigenvalue weighted by Crippen LogP contribution is -2.37. The minimum Gasteiger partial charge on any atom is -0.481 e. The molecule has 7 nitrogen and oxygen atoms in total. The van der Waals surface area contributed by atoms with Crippen LogP contribution in [0.1, 0.15) is 40.0 Å². The molecular weight excluding hydrogens is 268 g/mol. The minimum atomic E-state index is -0.977. The van der Waals surface area contributed by atoms with E-state index in [1.807, 2.05) is 0 Å². The van der Waals surface area contributed by atoms with Gasteiger partial charge in [-0.2, -0.15) is 0 Å². The van der Waals surface area contributed by atoms with Gasteiger partial charge in [-0.15, -0.1) is 0 Å². The summed E-state index contributed by atoms with van der Waals surface area (Å²) in [5.74, 6) is -2.15. The lowest BCUT2D eigenvalue weighted by atomic mass is 10.1. The SMILES string of the molecule is CC(=O)O.CCCCOC1(CO)CC(OC(C)=O)CO1. The molecule has 0 aromatic carbocycles. The van der Waals surface area contributed by atoms with E-state index in [0.29, 0.717) is 13.0 Å². The molecule has 0 aromatic rings. The number of carbonyl (C=O) groups excluding carboxylic acids is 1. The van der Waals surface area contributed by atoms with Crippen molar-refractivity contribution >= 4 is 11.9 Å². The zero-order valence-corrected chi connectivity index (χ0v) is 12.3. The van der Waals surface area contributed by atoms with Crippen LogP contribution in [0.25, 0.3) is 0 Å². The second-order valence-corrected chi connectivity index (χ2v) is 4.54. The summed E-state index contributed by atoms with van der Waals surface area (Å²) in [7, 11) is 0. The summed E-state index contributed by atoms with van der Waals surface area (Å²) in [6.07, 6.45) is 2.02. The summed E-state index contributed by atoms with van der Waals surface area (Å²) < 4.78 is 15.9. The fourth-order valence-electron chi connectivity index (χ4n) is 1.68. The molecule has 1 aliphatic heterocycles. The van der Waals surface area contributed by atoms with Gasteiger partial charge in [-0.1, -0.05) is 13.3 Å². The molecule has 0 spiro atoms. The second-order valence-electron chi connectivity index (χ2n) is 4.54. The van der Waals surface area contributed by atoms with E-state index in [1.165, 1.54) is 6.92 Å². The largest absolute Gasteiger partial charge is 0.481 e. The van der Waals surface area contributed by atoms with Gasteiger partial charge in [-0.3, -0.25) is 9.59 Å². The van der Waals surface area contributed by atoms with Gasteiger partial charge in [0.15, 0.2) is 5.79 Å². The van der Waals surface area contributed by atoms with Gasteiger partial charge in [-0.05, 0) is 6.42 Å². The summed E-state index contributed by atoms with van der Waals surface area (Å²) in [6, 6.07) is 0. The maximum Gasteiger partial charge on any atom is 0.302 e. The number of hydrogen-bond acceptors (Lipinski definition) is 6. The van der Waals surface area contributed by atoms with Gasteiger partial charge in [0.25, 0.3) is 5.97 Å². The van der Waals surface area contributed by atoms with Gasteiger partial charge in [-0.25, -0.2) is 0 Å². The van der Waals surface area contributed by atoms with Gasteiger partial charge >= 0.3 is 5.97 Å². The van der Waals surface area contributed by atoms with Crippen molar-refractivity contribution < 1.29 is 34.0 Å². The topological polar surface area (TPSA) is 102 Å².